The van der Waals surface area contributed by atoms with Crippen molar-refractivity contribution >= 4 is 11.5 Å². The molecule has 0 amide bonds. The van der Waals surface area contributed by atoms with E-state index in [2.05, 4.69) is 4.98 Å². The summed E-state index contributed by atoms with van der Waals surface area (Å²) >= 11 is 0. The number of nitrogens with zero attached hydrogens (tertiary/aromatic N) is 2. The Bertz CT molecular complexity index is 685. The number of ether oxygens (including phenoxy) is 1. The molecule has 0 aliphatic heterocycles. The lowest BCUT2D eigenvalue weighted by Crippen LogP contribution is -2.12. The number of benzene rings is 1. The molecule has 7 heteroatoms. The average molecular weight is 272 g/mol. The van der Waals surface area contributed by atoms with Gasteiger partial charge >= 0.3 is 0 Å². The Morgan fingerprint density at radius 2 is 2.15 bits per heavy atom. The minimum atomic E-state index is -0.486. The highest BCUT2D eigenvalue weighted by Crippen LogP contribution is 2.28. The normalized spacial score (nSPS) is 10.1. The quantitative estimate of drug-likeness (QED) is 0.383. The summed E-state index contributed by atoms with van der Waals surface area (Å²) in [6.45, 7) is 1.78. The monoisotopic (exact) mass is 272 g/mol. The predicted octanol–water partition coefficient (Wildman–Crippen LogP) is 2.37. The molecule has 0 spiro atoms. The number of nitrogens with two attached hydrogens (primary N) is 1. The minimum Gasteiger partial charge on any atom is -0.457 e. The smallest absolute Gasteiger partial charge is 0.273 e. The summed E-state index contributed by atoms with van der Waals surface area (Å²) in [5.41, 5.74) is 6.34. The molecule has 2 rings (SSSR count). The minimum absolute atomic E-state index is 0.0496. The first-order valence-corrected chi connectivity index (χ1v) is 5.70. The van der Waals surface area contributed by atoms with Crippen LogP contribution in [0.25, 0.3) is 0 Å². The molecule has 3 N–H and O–H groups in total. The van der Waals surface area contributed by atoms with Gasteiger partial charge in [0.1, 0.15) is 23.0 Å². The summed E-state index contributed by atoms with van der Waals surface area (Å²) in [6.07, 6.45) is 1.46. The van der Waals surface area contributed by atoms with Crippen molar-refractivity contribution in [1.29, 1.82) is 5.41 Å². The van der Waals surface area contributed by atoms with Crippen LogP contribution in [-0.2, 0) is 0 Å². The Hall–Kier alpha value is -2.96. The van der Waals surface area contributed by atoms with Crippen LogP contribution in [0.1, 0.15) is 11.3 Å². The molecule has 20 heavy (non-hydrogen) atoms. The van der Waals surface area contributed by atoms with E-state index >= 15 is 0 Å². The topological polar surface area (TPSA) is 115 Å². The van der Waals surface area contributed by atoms with Crippen LogP contribution in [0.3, 0.4) is 0 Å². The molecular formula is C13H12N4O3. The van der Waals surface area contributed by atoms with Gasteiger partial charge in [-0.1, -0.05) is 0 Å². The van der Waals surface area contributed by atoms with Crippen LogP contribution in [0.5, 0.6) is 11.5 Å². The zero-order chi connectivity index (χ0) is 14.7. The number of hydrogen-bond donors (Lipinski definition) is 2. The molecule has 0 atom stereocenters. The van der Waals surface area contributed by atoms with E-state index in [1.807, 2.05) is 0 Å². The van der Waals surface area contributed by atoms with Gasteiger partial charge in [0.15, 0.2) is 0 Å². The van der Waals surface area contributed by atoms with Crippen molar-refractivity contribution in [3.05, 3.63) is 57.9 Å². The molecule has 0 aliphatic rings. The van der Waals surface area contributed by atoms with Crippen LogP contribution < -0.4 is 10.5 Å². The average Bonchev–Trinajstić information content (AvgIpc) is 2.41. The molecule has 7 nitrogen and oxygen atoms in total. The lowest BCUT2D eigenvalue weighted by atomic mass is 10.2. The summed E-state index contributed by atoms with van der Waals surface area (Å²) in [7, 11) is 0. The third kappa shape index (κ3) is 2.89. The van der Waals surface area contributed by atoms with E-state index in [-0.39, 0.29) is 17.2 Å². The van der Waals surface area contributed by atoms with Gasteiger partial charge in [0, 0.05) is 18.3 Å². The van der Waals surface area contributed by atoms with Gasteiger partial charge in [-0.2, -0.15) is 0 Å². The molecule has 1 aromatic carbocycles. The van der Waals surface area contributed by atoms with E-state index in [0.29, 0.717) is 11.5 Å². The van der Waals surface area contributed by atoms with Crippen molar-refractivity contribution in [2.24, 2.45) is 5.73 Å². The van der Waals surface area contributed by atoms with Gasteiger partial charge in [0.05, 0.1) is 11.0 Å². The number of nitrogen functional groups attached to an aromatic ring is 1. The zero-order valence-corrected chi connectivity index (χ0v) is 10.7. The molecule has 2 aromatic rings. The second kappa shape index (κ2) is 5.35. The maximum absolute atomic E-state index is 10.8. The van der Waals surface area contributed by atoms with Gasteiger partial charge in [0.25, 0.3) is 5.69 Å². The fraction of sp³-hybridized carbons (Fsp3) is 0.0769. The molecule has 1 heterocycles. The fourth-order valence-corrected chi connectivity index (χ4v) is 1.56. The van der Waals surface area contributed by atoms with Crippen molar-refractivity contribution in [2.45, 2.75) is 6.92 Å². The molecule has 0 fully saturated rings. The number of non-ortho nitro benzene ring substituents is 1. The molecule has 1 aromatic heterocycles. The van der Waals surface area contributed by atoms with Crippen LogP contribution in [-0.4, -0.2) is 15.7 Å². The summed E-state index contributed by atoms with van der Waals surface area (Å²) in [5, 5.41) is 18.1. The number of nitro groups is 1. The van der Waals surface area contributed by atoms with Crippen LogP contribution in [0, 0.1) is 22.4 Å². The molecule has 0 saturated heterocycles. The Balaban J connectivity index is 2.34. The molecule has 102 valence electrons. The van der Waals surface area contributed by atoms with Crippen molar-refractivity contribution in [3.63, 3.8) is 0 Å². The number of nitro benzene ring substituents is 1. The van der Waals surface area contributed by atoms with E-state index in [0.717, 1.165) is 5.56 Å². The number of aromatic nitrogens is 1. The summed E-state index contributed by atoms with van der Waals surface area (Å²) in [4.78, 5) is 14.2. The first kappa shape index (κ1) is 13.5. The third-order valence-corrected chi connectivity index (χ3v) is 2.62. The van der Waals surface area contributed by atoms with Crippen molar-refractivity contribution < 1.29 is 9.66 Å². The van der Waals surface area contributed by atoms with E-state index in [1.165, 1.54) is 24.4 Å². The predicted molar refractivity (Wildman–Crippen MR) is 73.2 cm³/mol. The number of nitrogens with one attached hydrogen (secondary N) is 1. The second-order valence-corrected chi connectivity index (χ2v) is 4.10. The van der Waals surface area contributed by atoms with Crippen LogP contribution >= 0.6 is 0 Å². The van der Waals surface area contributed by atoms with Crippen molar-refractivity contribution in [2.75, 3.05) is 0 Å². The Labute approximate surface area is 114 Å². The van der Waals surface area contributed by atoms with E-state index < -0.39 is 4.92 Å². The number of rotatable bonds is 4. The lowest BCUT2D eigenvalue weighted by Gasteiger charge is -2.09. The number of amidine groups is 1. The Morgan fingerprint density at radius 1 is 1.40 bits per heavy atom. The number of hydrogen-bond acceptors (Lipinski definition) is 5. The molecule has 0 radical (unpaired) electrons. The molecule has 0 saturated carbocycles. The molecule has 0 bridgehead atoms. The van der Waals surface area contributed by atoms with Crippen LogP contribution in [0.4, 0.5) is 5.69 Å². The third-order valence-electron chi connectivity index (χ3n) is 2.62. The Kier molecular flexibility index (Phi) is 3.60. The van der Waals surface area contributed by atoms with Crippen molar-refractivity contribution in [1.82, 2.24) is 4.98 Å². The zero-order valence-electron chi connectivity index (χ0n) is 10.7. The van der Waals surface area contributed by atoms with Gasteiger partial charge in [-0.25, -0.2) is 0 Å². The van der Waals surface area contributed by atoms with Crippen molar-refractivity contribution in [3.8, 4) is 11.5 Å². The first-order valence-electron chi connectivity index (χ1n) is 5.70. The van der Waals surface area contributed by atoms with E-state index in [9.17, 15) is 10.1 Å². The summed E-state index contributed by atoms with van der Waals surface area (Å²) < 4.78 is 5.59. The fourth-order valence-electron chi connectivity index (χ4n) is 1.56. The second-order valence-electron chi connectivity index (χ2n) is 4.10. The number of aryl methyl sites for hydroxylation is 1. The SMILES string of the molecule is Cc1ccc([N+](=O)[O-])cc1Oc1ccnc(C(=N)N)c1. The highest BCUT2D eigenvalue weighted by atomic mass is 16.6. The molecular weight excluding hydrogens is 260 g/mol. The largest absolute Gasteiger partial charge is 0.457 e. The molecule has 0 unspecified atom stereocenters. The maximum Gasteiger partial charge on any atom is 0.273 e. The van der Waals surface area contributed by atoms with E-state index in [1.54, 1.807) is 19.1 Å². The number of pyridine rings is 1. The highest BCUT2D eigenvalue weighted by molar-refractivity contribution is 5.93. The van der Waals surface area contributed by atoms with Crippen LogP contribution in [0.2, 0.25) is 0 Å². The van der Waals surface area contributed by atoms with Gasteiger partial charge in [0.2, 0.25) is 0 Å². The Morgan fingerprint density at radius 3 is 2.80 bits per heavy atom. The maximum atomic E-state index is 10.8. The summed E-state index contributed by atoms with van der Waals surface area (Å²) in [5.74, 6) is 0.611. The lowest BCUT2D eigenvalue weighted by molar-refractivity contribution is -0.384. The van der Waals surface area contributed by atoms with Gasteiger partial charge in [-0.3, -0.25) is 20.5 Å². The van der Waals surface area contributed by atoms with E-state index in [4.69, 9.17) is 15.9 Å². The van der Waals surface area contributed by atoms with Gasteiger partial charge in [-0.05, 0) is 24.6 Å². The summed E-state index contributed by atoms with van der Waals surface area (Å²) in [6, 6.07) is 7.46. The first-order chi connectivity index (χ1) is 9.47. The molecule has 0 aliphatic carbocycles. The van der Waals surface area contributed by atoms with Gasteiger partial charge < -0.3 is 10.5 Å². The van der Waals surface area contributed by atoms with Gasteiger partial charge in [-0.15, -0.1) is 0 Å². The van der Waals surface area contributed by atoms with Crippen LogP contribution in [0.15, 0.2) is 36.5 Å². The highest BCUT2D eigenvalue weighted by Gasteiger charge is 2.11. The standard InChI is InChI=1S/C13H12N4O3/c1-8-2-3-9(17(18)19)6-12(8)20-10-4-5-16-11(7-10)13(14)15/h2-7H,1H3,(H3,14,15).